The quantitative estimate of drug-likeness (QED) is 0.178. The van der Waals surface area contributed by atoms with E-state index in [0.717, 1.165) is 0 Å². The molecule has 39 nitrogen and oxygen atoms in total. The Kier molecular flexibility index (Phi) is 273. The maximum atomic E-state index is 8.25. The van der Waals surface area contributed by atoms with E-state index in [4.69, 9.17) is 138 Å². The molecule has 0 unspecified atom stereocenters. The molecule has 0 aromatic heterocycles. The number of nitrogens with zero attached hydrogens (tertiary/aromatic N) is 9. The molecule has 0 spiro atoms. The maximum Gasteiger partial charge on any atom is 3.00 e. The van der Waals surface area contributed by atoms with Gasteiger partial charge < -0.3 is 154 Å². The molecule has 0 aromatic rings. The molecule has 44 heteroatoms. The Labute approximate surface area is 331 Å². The summed E-state index contributed by atoms with van der Waals surface area (Å²) >= 11 is 0. The van der Waals surface area contributed by atoms with Crippen LogP contribution in [0.1, 0.15) is 0 Å². The second-order valence-electron chi connectivity index (χ2n) is 2.01. The standard InChI is InChI=1S/3Cr.9NO3.3O.2Pr/c;;;9*2-1(3)4;;;;;/q3*+3;9*-1;3*-2;2*+3. The fraction of sp³-hybridized carbons (Fsp3) is 0. The van der Waals surface area contributed by atoms with Crippen LogP contribution in [0, 0.1) is 220 Å². The van der Waals surface area contributed by atoms with Crippen molar-refractivity contribution in [1.29, 1.82) is 0 Å². The minimum absolute atomic E-state index is 0. The average molecular weight is 1040 g/mol. The topological polar surface area (TPSA) is 681 Å². The fourth-order valence-corrected chi connectivity index (χ4v) is 0. The fourth-order valence-electron chi connectivity index (χ4n) is 0. The Balaban J connectivity index is -0.0000000121. The Morgan fingerprint density at radius 3 is 0.205 bits per heavy atom. The molecule has 0 fully saturated rings. The number of hydrogen-bond acceptors (Lipinski definition) is 27. The Morgan fingerprint density at radius 1 is 0.205 bits per heavy atom. The molecule has 0 saturated carbocycles. The van der Waals surface area contributed by atoms with Crippen molar-refractivity contribution >= 4 is 0 Å². The van der Waals surface area contributed by atoms with Crippen LogP contribution in [0.25, 0.3) is 0 Å². The molecule has 0 aliphatic rings. The molecule has 0 aliphatic carbocycles. The molecule has 0 N–H and O–H groups in total. The third-order valence-electron chi connectivity index (χ3n) is 0. The number of rotatable bonds is 0. The monoisotopic (exact) mass is 1040 g/mol. The van der Waals surface area contributed by atoms with Crippen LogP contribution >= 0.6 is 0 Å². The van der Waals surface area contributed by atoms with Gasteiger partial charge in [-0.3, -0.25) is 0 Å². The van der Waals surface area contributed by atoms with E-state index in [0.29, 0.717) is 0 Å². The van der Waals surface area contributed by atoms with Gasteiger partial charge in [0.15, 0.2) is 0 Å². The van der Waals surface area contributed by atoms with E-state index < -0.39 is 45.8 Å². The van der Waals surface area contributed by atoms with Gasteiger partial charge in [0.05, 0.1) is 45.8 Å². The van der Waals surface area contributed by atoms with E-state index in [-0.39, 0.29) is 151 Å². The van der Waals surface area contributed by atoms with Crippen LogP contribution in [0.3, 0.4) is 0 Å². The van der Waals surface area contributed by atoms with Gasteiger partial charge in [-0.2, -0.15) is 0 Å². The first-order valence-electron chi connectivity index (χ1n) is 4.93. The summed E-state index contributed by atoms with van der Waals surface area (Å²) in [7, 11) is 0. The van der Waals surface area contributed by atoms with Gasteiger partial charge in [-0.05, 0) is 0 Å². The third kappa shape index (κ3) is 6280. The first-order valence-corrected chi connectivity index (χ1v) is 4.93. The van der Waals surface area contributed by atoms with Crippen LogP contribution in [-0.4, -0.2) is 45.8 Å². The van der Waals surface area contributed by atoms with Crippen molar-refractivity contribution < 1.29 is 197 Å². The van der Waals surface area contributed by atoms with Gasteiger partial charge in [-0.15, -0.1) is 0 Å². The van der Waals surface area contributed by atoms with E-state index in [9.17, 15) is 0 Å². The van der Waals surface area contributed by atoms with E-state index in [1.54, 1.807) is 0 Å². The SMILES string of the molecule is O=[N+]([O-])[O-].O=[N+]([O-])[O-].O=[N+]([O-])[O-].O=[N+]([O-])[O-].O=[N+]([O-])[O-].O=[N+]([O-])[O-].O=[N+]([O-])[O-].O=[N+]([O-])[O-].O=[N+]([O-])[O-].[Cr+3].[Cr+3].[Cr+3].[O-2].[O-2].[O-2].[Pr+3].[Pr+3]. The van der Waals surface area contributed by atoms with Crippen LogP contribution in [0.15, 0.2) is 0 Å². The predicted molar refractivity (Wildman–Crippen MR) is 95.3 cm³/mol. The zero-order chi connectivity index (χ0) is 32.2. The second-order valence-corrected chi connectivity index (χ2v) is 2.01. The molecule has 3 radical (unpaired) electrons. The molecule has 249 valence electrons. The summed E-state index contributed by atoms with van der Waals surface area (Å²) in [6.45, 7) is 0. The van der Waals surface area contributed by atoms with Crippen molar-refractivity contribution in [3.63, 3.8) is 0 Å². The predicted octanol–water partition coefficient (Wildman–Crippen LogP) is -2.52. The summed E-state index contributed by atoms with van der Waals surface area (Å²) in [6.07, 6.45) is 0. The van der Waals surface area contributed by atoms with Crippen LogP contribution in [-0.2, 0) is 68.5 Å². The van der Waals surface area contributed by atoms with Crippen molar-refractivity contribution in [3.05, 3.63) is 138 Å². The zero-order valence-corrected chi connectivity index (χ0v) is 29.9. The van der Waals surface area contributed by atoms with Gasteiger partial charge in [0.25, 0.3) is 0 Å². The molecule has 0 atom stereocenters. The van der Waals surface area contributed by atoms with E-state index in [1.165, 1.54) is 0 Å². The first kappa shape index (κ1) is 114. The minimum atomic E-state index is -1.75. The smallest absolute Gasteiger partial charge is 2.00 e. The molecule has 0 rings (SSSR count). The van der Waals surface area contributed by atoms with Crippen LogP contribution < -0.4 is 0 Å². The van der Waals surface area contributed by atoms with Gasteiger partial charge in [-0.25, -0.2) is 0 Å². The van der Waals surface area contributed by atoms with Crippen molar-refractivity contribution in [3.8, 4) is 0 Å². The third-order valence-corrected chi connectivity index (χ3v) is 0. The number of hydrogen-bond donors (Lipinski definition) is 0. The summed E-state index contributed by atoms with van der Waals surface area (Å²) in [5, 5.41) is 133. The molecular formula is Cr3N9O30Pr2. The summed E-state index contributed by atoms with van der Waals surface area (Å²) in [5.41, 5.74) is 0. The first-order chi connectivity index (χ1) is 15.6. The molecule has 0 amide bonds. The van der Waals surface area contributed by atoms with Gasteiger partial charge >= 0.3 is 135 Å². The Morgan fingerprint density at radius 2 is 0.205 bits per heavy atom. The van der Waals surface area contributed by atoms with Gasteiger partial charge in [-0.1, -0.05) is 0 Å². The summed E-state index contributed by atoms with van der Waals surface area (Å²) < 4.78 is 0. The molecule has 0 heterocycles. The van der Waals surface area contributed by atoms with E-state index in [2.05, 4.69) is 0 Å². The van der Waals surface area contributed by atoms with Gasteiger partial charge in [0, 0.05) is 0 Å². The molecule has 0 aromatic carbocycles. The van der Waals surface area contributed by atoms with E-state index >= 15 is 0 Å². The van der Waals surface area contributed by atoms with Gasteiger partial charge in [0.2, 0.25) is 0 Å². The van der Waals surface area contributed by atoms with Crippen LogP contribution in [0.4, 0.5) is 0 Å². The largest absolute Gasteiger partial charge is 3.00 e. The summed E-state index contributed by atoms with van der Waals surface area (Å²) in [6, 6.07) is 0. The Bertz CT molecular complexity index is 436. The molecule has 0 bridgehead atoms. The van der Waals surface area contributed by atoms with Crippen LogP contribution in [0.2, 0.25) is 0 Å². The van der Waals surface area contributed by atoms with Crippen molar-refractivity contribution in [1.82, 2.24) is 0 Å². The molecule has 0 aliphatic heterocycles. The Hall–Kier alpha value is -3.00. The summed E-state index contributed by atoms with van der Waals surface area (Å²) in [4.78, 5) is 74.2. The van der Waals surface area contributed by atoms with E-state index in [1.807, 2.05) is 0 Å². The van der Waals surface area contributed by atoms with Gasteiger partial charge in [0.1, 0.15) is 0 Å². The normalized spacial score (nSPS) is 4.91. The maximum absolute atomic E-state index is 8.25. The molecular weight excluding hydrogens is 1040 g/mol. The molecule has 44 heavy (non-hydrogen) atoms. The molecule has 0 saturated heterocycles. The van der Waals surface area contributed by atoms with Crippen LogP contribution in [0.5, 0.6) is 0 Å². The van der Waals surface area contributed by atoms with Crippen molar-refractivity contribution in [2.24, 2.45) is 0 Å². The second kappa shape index (κ2) is 106. The van der Waals surface area contributed by atoms with Crippen molar-refractivity contribution in [2.75, 3.05) is 0 Å². The minimum Gasteiger partial charge on any atom is -2.00 e. The zero-order valence-electron chi connectivity index (χ0n) is 18.7. The summed E-state index contributed by atoms with van der Waals surface area (Å²) in [5.74, 6) is 0. The van der Waals surface area contributed by atoms with Crippen molar-refractivity contribution in [2.45, 2.75) is 0 Å². The average Bonchev–Trinajstić information content (AvgIpc) is 2.39.